The Bertz CT molecular complexity index is 153. The molecule has 0 amide bonds. The molecule has 0 bridgehead atoms. The molecule has 0 fully saturated rings. The number of carbonyl (C=O) groups excluding carboxylic acids is 2. The lowest BCUT2D eigenvalue weighted by atomic mass is 10.2. The molecule has 1 N–H and O–H groups in total. The fraction of sp³-hybridized carbons (Fsp3) is 0.750. The summed E-state index contributed by atoms with van der Waals surface area (Å²) in [4.78, 5) is 21.1. The average molecular weight is 174 g/mol. The topological polar surface area (TPSA) is 63.6 Å². The van der Waals surface area contributed by atoms with Crippen molar-refractivity contribution in [3.05, 3.63) is 0 Å². The number of aliphatic hydroxyl groups is 1. The molecule has 0 aromatic rings. The Labute approximate surface area is 71.5 Å². The summed E-state index contributed by atoms with van der Waals surface area (Å²) in [6, 6.07) is 0. The second-order valence-electron chi connectivity index (χ2n) is 2.54. The predicted molar refractivity (Wildman–Crippen MR) is 42.6 cm³/mol. The molecular weight excluding hydrogens is 160 g/mol. The fourth-order valence-electron chi connectivity index (χ4n) is 0.635. The van der Waals surface area contributed by atoms with Crippen molar-refractivity contribution in [2.45, 2.75) is 26.2 Å². The van der Waals surface area contributed by atoms with Gasteiger partial charge in [0.25, 0.3) is 0 Å². The third-order valence-electron chi connectivity index (χ3n) is 1.23. The molecule has 0 aliphatic rings. The highest BCUT2D eigenvalue weighted by Crippen LogP contribution is 1.96. The third kappa shape index (κ3) is 7.21. The van der Waals surface area contributed by atoms with Gasteiger partial charge in [0, 0.05) is 13.0 Å². The first-order valence-electron chi connectivity index (χ1n) is 3.92. The second-order valence-corrected chi connectivity index (χ2v) is 2.54. The van der Waals surface area contributed by atoms with Crippen LogP contribution in [-0.4, -0.2) is 30.1 Å². The largest absolute Gasteiger partial charge is 0.458 e. The lowest BCUT2D eigenvalue weighted by molar-refractivity contribution is -0.147. The van der Waals surface area contributed by atoms with Crippen LogP contribution in [0.3, 0.4) is 0 Å². The second kappa shape index (κ2) is 6.79. The highest BCUT2D eigenvalue weighted by atomic mass is 16.5. The summed E-state index contributed by atoms with van der Waals surface area (Å²) in [5, 5.41) is 8.39. The molecule has 12 heavy (non-hydrogen) atoms. The van der Waals surface area contributed by atoms with Gasteiger partial charge in [-0.2, -0.15) is 0 Å². The summed E-state index contributed by atoms with van der Waals surface area (Å²) in [6.07, 6.45) is 1.47. The summed E-state index contributed by atoms with van der Waals surface area (Å²) in [5.74, 6) is -0.538. The molecule has 0 rings (SSSR count). The van der Waals surface area contributed by atoms with Crippen LogP contribution >= 0.6 is 0 Å². The number of Topliss-reactive ketones (excluding diaryl/α,β-unsaturated/α-hetero) is 1. The number of unbranched alkanes of at least 4 members (excludes halogenated alkanes) is 1. The van der Waals surface area contributed by atoms with Crippen LogP contribution in [0.4, 0.5) is 0 Å². The van der Waals surface area contributed by atoms with E-state index in [4.69, 9.17) is 5.11 Å². The lowest BCUT2D eigenvalue weighted by Gasteiger charge is -2.00. The van der Waals surface area contributed by atoms with E-state index in [0.717, 1.165) is 0 Å². The van der Waals surface area contributed by atoms with Crippen molar-refractivity contribution in [3.63, 3.8) is 0 Å². The van der Waals surface area contributed by atoms with Gasteiger partial charge in [0.15, 0.2) is 5.78 Å². The van der Waals surface area contributed by atoms with Gasteiger partial charge in [0.1, 0.15) is 6.61 Å². The van der Waals surface area contributed by atoms with Crippen molar-refractivity contribution in [2.75, 3.05) is 13.2 Å². The zero-order chi connectivity index (χ0) is 9.40. The minimum absolute atomic E-state index is 0.0833. The molecule has 4 nitrogen and oxygen atoms in total. The molecule has 0 aliphatic carbocycles. The first-order chi connectivity index (χ1) is 5.66. The Balaban J connectivity index is 3.28. The smallest absolute Gasteiger partial charge is 0.306 e. The van der Waals surface area contributed by atoms with E-state index in [1.165, 1.54) is 6.92 Å². The van der Waals surface area contributed by atoms with Crippen molar-refractivity contribution in [2.24, 2.45) is 0 Å². The van der Waals surface area contributed by atoms with Gasteiger partial charge in [0.2, 0.25) is 0 Å². The Morgan fingerprint density at radius 3 is 2.50 bits per heavy atom. The number of hydrogen-bond acceptors (Lipinski definition) is 4. The van der Waals surface area contributed by atoms with Gasteiger partial charge in [-0.05, 0) is 19.8 Å². The van der Waals surface area contributed by atoms with Crippen LogP contribution in [0.15, 0.2) is 0 Å². The third-order valence-corrected chi connectivity index (χ3v) is 1.23. The van der Waals surface area contributed by atoms with E-state index in [2.05, 4.69) is 4.74 Å². The van der Waals surface area contributed by atoms with Crippen molar-refractivity contribution >= 4 is 11.8 Å². The van der Waals surface area contributed by atoms with E-state index >= 15 is 0 Å². The predicted octanol–water partition coefficient (Wildman–Crippen LogP) is 0.281. The number of rotatable bonds is 6. The number of ketones is 1. The maximum atomic E-state index is 10.8. The normalized spacial score (nSPS) is 9.50. The molecule has 0 heterocycles. The molecule has 70 valence electrons. The Kier molecular flexibility index (Phi) is 6.28. The van der Waals surface area contributed by atoms with Crippen LogP contribution in [0.5, 0.6) is 0 Å². The van der Waals surface area contributed by atoms with Crippen LogP contribution in [0.2, 0.25) is 0 Å². The molecule has 0 aliphatic heterocycles. The van der Waals surface area contributed by atoms with E-state index < -0.39 is 0 Å². The minimum atomic E-state index is -0.376. The SMILES string of the molecule is CC(=O)COC(=O)CCCCO. The molecular formula is C8H14O4. The van der Waals surface area contributed by atoms with Crippen molar-refractivity contribution in [1.29, 1.82) is 0 Å². The van der Waals surface area contributed by atoms with E-state index in [1.807, 2.05) is 0 Å². The Morgan fingerprint density at radius 1 is 1.33 bits per heavy atom. The number of carbonyl (C=O) groups is 2. The van der Waals surface area contributed by atoms with Crippen LogP contribution in [-0.2, 0) is 14.3 Å². The molecule has 0 spiro atoms. The molecule has 0 unspecified atom stereocenters. The zero-order valence-corrected chi connectivity index (χ0v) is 7.21. The molecule has 0 saturated carbocycles. The average Bonchev–Trinajstić information content (AvgIpc) is 2.01. The fourth-order valence-corrected chi connectivity index (χ4v) is 0.635. The quantitative estimate of drug-likeness (QED) is 0.464. The minimum Gasteiger partial charge on any atom is -0.458 e. The van der Waals surface area contributed by atoms with Crippen LogP contribution in [0, 0.1) is 0 Å². The van der Waals surface area contributed by atoms with E-state index in [0.29, 0.717) is 12.8 Å². The highest BCUT2D eigenvalue weighted by Gasteiger charge is 2.02. The first kappa shape index (κ1) is 11.1. The molecule has 0 aromatic carbocycles. The van der Waals surface area contributed by atoms with Gasteiger partial charge in [-0.25, -0.2) is 0 Å². The number of esters is 1. The number of ether oxygens (including phenoxy) is 1. The molecule has 0 saturated heterocycles. The standard InChI is InChI=1S/C8H14O4/c1-7(10)6-12-8(11)4-2-3-5-9/h9H,2-6H2,1H3. The monoisotopic (exact) mass is 174 g/mol. The molecule has 0 atom stereocenters. The van der Waals surface area contributed by atoms with Crippen LogP contribution < -0.4 is 0 Å². The summed E-state index contributed by atoms with van der Waals surface area (Å²) in [5.41, 5.74) is 0. The summed E-state index contributed by atoms with van der Waals surface area (Å²) >= 11 is 0. The summed E-state index contributed by atoms with van der Waals surface area (Å²) in [7, 11) is 0. The van der Waals surface area contributed by atoms with Gasteiger partial charge in [-0.1, -0.05) is 0 Å². The van der Waals surface area contributed by atoms with Gasteiger partial charge in [0.05, 0.1) is 0 Å². The van der Waals surface area contributed by atoms with Gasteiger partial charge < -0.3 is 9.84 Å². The number of aliphatic hydroxyl groups excluding tert-OH is 1. The van der Waals surface area contributed by atoms with Crippen LogP contribution in [0.1, 0.15) is 26.2 Å². The van der Waals surface area contributed by atoms with Gasteiger partial charge in [-0.3, -0.25) is 9.59 Å². The number of hydrogen-bond donors (Lipinski definition) is 1. The summed E-state index contributed by atoms with van der Waals surface area (Å²) < 4.78 is 4.58. The van der Waals surface area contributed by atoms with E-state index in [-0.39, 0.29) is 31.4 Å². The van der Waals surface area contributed by atoms with E-state index in [9.17, 15) is 9.59 Å². The molecule has 4 heteroatoms. The van der Waals surface area contributed by atoms with Crippen molar-refractivity contribution in [3.8, 4) is 0 Å². The maximum absolute atomic E-state index is 10.8. The Morgan fingerprint density at radius 2 is 2.00 bits per heavy atom. The molecule has 0 radical (unpaired) electrons. The van der Waals surface area contributed by atoms with Gasteiger partial charge >= 0.3 is 5.97 Å². The first-order valence-corrected chi connectivity index (χ1v) is 3.92. The lowest BCUT2D eigenvalue weighted by Crippen LogP contribution is -2.10. The molecule has 0 aromatic heterocycles. The van der Waals surface area contributed by atoms with Crippen molar-refractivity contribution < 1.29 is 19.4 Å². The summed E-state index contributed by atoms with van der Waals surface area (Å²) in [6.45, 7) is 1.30. The Hall–Kier alpha value is -0.900. The van der Waals surface area contributed by atoms with Crippen LogP contribution in [0.25, 0.3) is 0 Å². The van der Waals surface area contributed by atoms with Gasteiger partial charge in [-0.15, -0.1) is 0 Å². The highest BCUT2D eigenvalue weighted by molar-refractivity contribution is 5.80. The zero-order valence-electron chi connectivity index (χ0n) is 7.21. The maximum Gasteiger partial charge on any atom is 0.306 e. The van der Waals surface area contributed by atoms with Crippen molar-refractivity contribution in [1.82, 2.24) is 0 Å². The van der Waals surface area contributed by atoms with E-state index in [1.54, 1.807) is 0 Å².